The van der Waals surface area contributed by atoms with Gasteiger partial charge < -0.3 is 14.4 Å². The average Bonchev–Trinajstić information content (AvgIpc) is 2.60. The molecule has 2 rings (SSSR count). The molecule has 0 saturated carbocycles. The van der Waals surface area contributed by atoms with Crippen molar-refractivity contribution in [1.82, 2.24) is 4.90 Å². The maximum atomic E-state index is 11.9. The van der Waals surface area contributed by atoms with Crippen LogP contribution in [0.25, 0.3) is 0 Å². The van der Waals surface area contributed by atoms with Crippen molar-refractivity contribution in [2.45, 2.75) is 6.61 Å². The molecule has 0 spiro atoms. The Balaban J connectivity index is 1.75. The molecule has 0 N–H and O–H groups in total. The predicted molar refractivity (Wildman–Crippen MR) is 85.9 cm³/mol. The van der Waals surface area contributed by atoms with Crippen molar-refractivity contribution in [2.24, 2.45) is 0 Å². The van der Waals surface area contributed by atoms with Gasteiger partial charge in [-0.25, -0.2) is 4.79 Å². The first kappa shape index (κ1) is 16.4. The Morgan fingerprint density at radius 1 is 1.13 bits per heavy atom. The predicted octanol–water partition coefficient (Wildman–Crippen LogP) is 3.21. The Morgan fingerprint density at radius 2 is 1.83 bits per heavy atom. The lowest BCUT2D eigenvalue weighted by atomic mass is 10.2. The van der Waals surface area contributed by atoms with Gasteiger partial charge in [-0.15, -0.1) is 0 Å². The smallest absolute Gasteiger partial charge is 0.409 e. The molecule has 0 aromatic heterocycles. The normalized spacial score (nSPS) is 9.74. The fourth-order valence-electron chi connectivity index (χ4n) is 1.90. The van der Waals surface area contributed by atoms with Crippen LogP contribution in [-0.2, 0) is 11.3 Å². The Bertz CT molecular complexity index is 680. The highest BCUT2D eigenvalue weighted by Crippen LogP contribution is 2.16. The molecule has 5 nitrogen and oxygen atoms in total. The van der Waals surface area contributed by atoms with Crippen LogP contribution in [0.15, 0.2) is 54.6 Å². The zero-order chi connectivity index (χ0) is 16.5. The maximum absolute atomic E-state index is 11.9. The van der Waals surface area contributed by atoms with Gasteiger partial charge in [-0.2, -0.15) is 5.26 Å². The van der Waals surface area contributed by atoms with E-state index in [9.17, 15) is 4.79 Å². The van der Waals surface area contributed by atoms with Gasteiger partial charge >= 0.3 is 6.09 Å². The van der Waals surface area contributed by atoms with Crippen LogP contribution >= 0.6 is 0 Å². The quantitative estimate of drug-likeness (QED) is 0.822. The first-order valence-corrected chi connectivity index (χ1v) is 7.24. The number of hydrogen-bond donors (Lipinski definition) is 0. The number of likely N-dealkylation sites (N-methyl/N-ethyl adjacent to an activating group) is 1. The molecule has 0 atom stereocenters. The SMILES string of the molecule is CN(CCOc1ccccc1C#N)C(=O)OCc1ccccc1. The highest BCUT2D eigenvalue weighted by molar-refractivity contribution is 5.67. The minimum atomic E-state index is -0.411. The summed E-state index contributed by atoms with van der Waals surface area (Å²) in [5, 5.41) is 8.98. The molecule has 0 aliphatic rings. The Labute approximate surface area is 135 Å². The van der Waals surface area contributed by atoms with Crippen LogP contribution in [-0.4, -0.2) is 31.2 Å². The standard InChI is InChI=1S/C18H18N2O3/c1-20(18(21)23-14-15-7-3-2-4-8-15)11-12-22-17-10-6-5-9-16(17)13-19/h2-10H,11-12,14H2,1H3. The van der Waals surface area contributed by atoms with Gasteiger partial charge in [0.15, 0.2) is 0 Å². The molecular weight excluding hydrogens is 292 g/mol. The van der Waals surface area contributed by atoms with Crippen molar-refractivity contribution in [1.29, 1.82) is 5.26 Å². The van der Waals surface area contributed by atoms with E-state index < -0.39 is 6.09 Å². The van der Waals surface area contributed by atoms with Gasteiger partial charge in [0, 0.05) is 7.05 Å². The fraction of sp³-hybridized carbons (Fsp3) is 0.222. The first-order valence-electron chi connectivity index (χ1n) is 7.24. The van der Waals surface area contributed by atoms with Gasteiger partial charge in [0.25, 0.3) is 0 Å². The molecule has 23 heavy (non-hydrogen) atoms. The number of nitriles is 1. The molecule has 0 unspecified atom stereocenters. The van der Waals surface area contributed by atoms with E-state index >= 15 is 0 Å². The zero-order valence-electron chi connectivity index (χ0n) is 12.9. The lowest BCUT2D eigenvalue weighted by Crippen LogP contribution is -2.31. The molecule has 0 fully saturated rings. The van der Waals surface area contributed by atoms with Gasteiger partial charge in [0.2, 0.25) is 0 Å². The zero-order valence-corrected chi connectivity index (χ0v) is 12.9. The number of para-hydroxylation sites is 1. The highest BCUT2D eigenvalue weighted by atomic mass is 16.6. The number of benzene rings is 2. The number of ether oxygens (including phenoxy) is 2. The minimum absolute atomic E-state index is 0.238. The lowest BCUT2D eigenvalue weighted by Gasteiger charge is -2.17. The van der Waals surface area contributed by atoms with Crippen molar-refractivity contribution < 1.29 is 14.3 Å². The van der Waals surface area contributed by atoms with Crippen LogP contribution in [0.2, 0.25) is 0 Å². The summed E-state index contributed by atoms with van der Waals surface area (Å²) in [4.78, 5) is 13.3. The molecular formula is C18H18N2O3. The second-order valence-corrected chi connectivity index (χ2v) is 4.92. The van der Waals surface area contributed by atoms with Crippen molar-refractivity contribution in [3.8, 4) is 11.8 Å². The summed E-state index contributed by atoms with van der Waals surface area (Å²) >= 11 is 0. The van der Waals surface area contributed by atoms with Gasteiger partial charge in [0.05, 0.1) is 12.1 Å². The van der Waals surface area contributed by atoms with E-state index in [1.54, 1.807) is 31.3 Å². The Kier molecular flexibility index (Phi) is 6.01. The molecule has 0 saturated heterocycles. The van der Waals surface area contributed by atoms with Crippen LogP contribution < -0.4 is 4.74 Å². The topological polar surface area (TPSA) is 62.6 Å². The molecule has 0 heterocycles. The summed E-state index contributed by atoms with van der Waals surface area (Å²) in [6, 6.07) is 18.6. The highest BCUT2D eigenvalue weighted by Gasteiger charge is 2.10. The number of rotatable bonds is 6. The van der Waals surface area contributed by atoms with Crippen molar-refractivity contribution in [3.63, 3.8) is 0 Å². The summed E-state index contributed by atoms with van der Waals surface area (Å²) in [6.07, 6.45) is -0.411. The van der Waals surface area contributed by atoms with Crippen molar-refractivity contribution >= 4 is 6.09 Å². The van der Waals surface area contributed by atoms with Crippen LogP contribution in [0, 0.1) is 11.3 Å². The first-order chi connectivity index (χ1) is 11.2. The molecule has 0 aliphatic heterocycles. The van der Waals surface area contributed by atoms with E-state index in [1.807, 2.05) is 30.3 Å². The van der Waals surface area contributed by atoms with Gasteiger partial charge in [-0.05, 0) is 17.7 Å². The van der Waals surface area contributed by atoms with Crippen LogP contribution in [0.1, 0.15) is 11.1 Å². The molecule has 0 aliphatic carbocycles. The van der Waals surface area contributed by atoms with Crippen LogP contribution in [0.4, 0.5) is 4.79 Å². The third-order valence-electron chi connectivity index (χ3n) is 3.21. The molecule has 2 aromatic carbocycles. The third-order valence-corrected chi connectivity index (χ3v) is 3.21. The molecule has 5 heteroatoms. The van der Waals surface area contributed by atoms with E-state index in [4.69, 9.17) is 14.7 Å². The van der Waals surface area contributed by atoms with Crippen molar-refractivity contribution in [3.05, 3.63) is 65.7 Å². The summed E-state index contributed by atoms with van der Waals surface area (Å²) in [6.45, 7) is 0.894. The van der Waals surface area contributed by atoms with Gasteiger partial charge in [-0.3, -0.25) is 0 Å². The Hall–Kier alpha value is -3.00. The summed E-state index contributed by atoms with van der Waals surface area (Å²) in [7, 11) is 1.65. The van der Waals surface area contributed by atoms with Crippen molar-refractivity contribution in [2.75, 3.05) is 20.2 Å². The van der Waals surface area contributed by atoms with E-state index in [-0.39, 0.29) is 13.2 Å². The van der Waals surface area contributed by atoms with E-state index in [1.165, 1.54) is 4.90 Å². The Morgan fingerprint density at radius 3 is 2.57 bits per heavy atom. The number of carbonyl (C=O) groups is 1. The van der Waals surface area contributed by atoms with E-state index in [0.29, 0.717) is 17.9 Å². The van der Waals surface area contributed by atoms with E-state index in [0.717, 1.165) is 5.56 Å². The molecule has 0 bridgehead atoms. The maximum Gasteiger partial charge on any atom is 0.409 e. The van der Waals surface area contributed by atoms with Gasteiger partial charge in [-0.1, -0.05) is 42.5 Å². The summed E-state index contributed by atoms with van der Waals surface area (Å²) in [5.74, 6) is 0.515. The summed E-state index contributed by atoms with van der Waals surface area (Å²) in [5.41, 5.74) is 1.41. The lowest BCUT2D eigenvalue weighted by molar-refractivity contribution is 0.0994. The fourth-order valence-corrected chi connectivity index (χ4v) is 1.90. The molecule has 118 valence electrons. The molecule has 0 radical (unpaired) electrons. The number of nitrogens with zero attached hydrogens (tertiary/aromatic N) is 2. The van der Waals surface area contributed by atoms with Gasteiger partial charge in [0.1, 0.15) is 25.0 Å². The minimum Gasteiger partial charge on any atom is -0.490 e. The molecule has 1 amide bonds. The number of carbonyl (C=O) groups excluding carboxylic acids is 1. The number of hydrogen-bond acceptors (Lipinski definition) is 4. The third kappa shape index (κ3) is 5.04. The monoisotopic (exact) mass is 310 g/mol. The van der Waals surface area contributed by atoms with Crippen LogP contribution in [0.5, 0.6) is 5.75 Å². The second-order valence-electron chi connectivity index (χ2n) is 4.92. The second kappa shape index (κ2) is 8.44. The largest absolute Gasteiger partial charge is 0.490 e. The van der Waals surface area contributed by atoms with E-state index in [2.05, 4.69) is 6.07 Å². The number of amides is 1. The average molecular weight is 310 g/mol. The molecule has 2 aromatic rings. The van der Waals surface area contributed by atoms with Crippen LogP contribution in [0.3, 0.4) is 0 Å². The summed E-state index contributed by atoms with van der Waals surface area (Å²) < 4.78 is 10.8.